The first kappa shape index (κ1) is 18.8. The summed E-state index contributed by atoms with van der Waals surface area (Å²) in [6.07, 6.45) is 0. The Labute approximate surface area is 168 Å². The molecule has 1 N–H and O–H groups in total. The number of para-hydroxylation sites is 1. The molecule has 0 aromatic heterocycles. The van der Waals surface area contributed by atoms with Crippen molar-refractivity contribution in [3.05, 3.63) is 84.4 Å². The summed E-state index contributed by atoms with van der Waals surface area (Å²) >= 11 is 0. The van der Waals surface area contributed by atoms with Crippen molar-refractivity contribution in [2.75, 3.05) is 10.8 Å². The summed E-state index contributed by atoms with van der Waals surface area (Å²) in [6, 6.07) is 23.5. The van der Waals surface area contributed by atoms with Crippen molar-refractivity contribution in [2.24, 2.45) is 0 Å². The van der Waals surface area contributed by atoms with E-state index in [-0.39, 0.29) is 18.8 Å². The SMILES string of the molecule is O=C1CN(c2ccc(Oc3ccccc3)cc2OCc2ccccc2)S(=O)(=O)N1. The van der Waals surface area contributed by atoms with E-state index in [1.54, 1.807) is 18.2 Å². The number of carbonyl (C=O) groups is 1. The number of carbonyl (C=O) groups excluding carboxylic acids is 1. The number of nitrogens with one attached hydrogen (secondary N) is 1. The largest absolute Gasteiger partial charge is 0.487 e. The van der Waals surface area contributed by atoms with Gasteiger partial charge >= 0.3 is 10.2 Å². The minimum atomic E-state index is -3.95. The number of rotatable bonds is 6. The molecule has 148 valence electrons. The summed E-state index contributed by atoms with van der Waals surface area (Å²) < 4.78 is 39.3. The van der Waals surface area contributed by atoms with Gasteiger partial charge in [-0.25, -0.2) is 9.03 Å². The molecule has 0 radical (unpaired) electrons. The second-order valence-electron chi connectivity index (χ2n) is 6.36. The molecule has 1 aliphatic rings. The molecule has 0 bridgehead atoms. The molecule has 0 spiro atoms. The molecule has 1 saturated heterocycles. The van der Waals surface area contributed by atoms with Crippen LogP contribution in [0.4, 0.5) is 5.69 Å². The van der Waals surface area contributed by atoms with Gasteiger partial charge in [0.1, 0.15) is 30.4 Å². The molecule has 3 aromatic carbocycles. The maximum Gasteiger partial charge on any atom is 0.326 e. The van der Waals surface area contributed by atoms with E-state index in [4.69, 9.17) is 9.47 Å². The van der Waals surface area contributed by atoms with E-state index in [2.05, 4.69) is 0 Å². The smallest absolute Gasteiger partial charge is 0.326 e. The van der Waals surface area contributed by atoms with E-state index in [1.807, 2.05) is 65.4 Å². The maximum absolute atomic E-state index is 12.3. The molecule has 1 fully saturated rings. The predicted octanol–water partition coefficient (Wildman–Crippen LogP) is 3.24. The third kappa shape index (κ3) is 4.33. The summed E-state index contributed by atoms with van der Waals surface area (Å²) in [5, 5.41) is 0. The Morgan fingerprint density at radius 2 is 1.59 bits per heavy atom. The predicted molar refractivity (Wildman–Crippen MR) is 108 cm³/mol. The van der Waals surface area contributed by atoms with Crippen LogP contribution in [-0.2, 0) is 21.6 Å². The number of hydrogen-bond acceptors (Lipinski definition) is 5. The lowest BCUT2D eigenvalue weighted by Gasteiger charge is -2.20. The van der Waals surface area contributed by atoms with Gasteiger partial charge in [0.15, 0.2) is 0 Å². The summed E-state index contributed by atoms with van der Waals surface area (Å²) in [5.41, 5.74) is 1.19. The van der Waals surface area contributed by atoms with Crippen molar-refractivity contribution in [1.82, 2.24) is 4.72 Å². The molecule has 0 unspecified atom stereocenters. The third-order valence-corrected chi connectivity index (χ3v) is 5.63. The fourth-order valence-electron chi connectivity index (χ4n) is 2.90. The van der Waals surface area contributed by atoms with Crippen molar-refractivity contribution in [1.29, 1.82) is 0 Å². The molecule has 1 heterocycles. The summed E-state index contributed by atoms with van der Waals surface area (Å²) in [4.78, 5) is 11.6. The van der Waals surface area contributed by atoms with Crippen LogP contribution >= 0.6 is 0 Å². The second-order valence-corrected chi connectivity index (χ2v) is 7.95. The lowest BCUT2D eigenvalue weighted by molar-refractivity contribution is -0.117. The molecular weight excluding hydrogens is 392 g/mol. The molecule has 1 aliphatic heterocycles. The van der Waals surface area contributed by atoms with Crippen molar-refractivity contribution in [2.45, 2.75) is 6.61 Å². The Kier molecular flexibility index (Phi) is 5.09. The molecule has 7 nitrogen and oxygen atoms in total. The average molecular weight is 410 g/mol. The fraction of sp³-hybridized carbons (Fsp3) is 0.0952. The Morgan fingerprint density at radius 1 is 0.897 bits per heavy atom. The van der Waals surface area contributed by atoms with E-state index in [9.17, 15) is 13.2 Å². The summed E-state index contributed by atoms with van der Waals surface area (Å²) in [6.45, 7) is -0.0686. The first-order valence-corrected chi connectivity index (χ1v) is 10.3. The highest BCUT2D eigenvalue weighted by Crippen LogP contribution is 2.36. The number of nitrogens with zero attached hydrogens (tertiary/aromatic N) is 1. The summed E-state index contributed by atoms with van der Waals surface area (Å²) in [7, 11) is -3.95. The summed E-state index contributed by atoms with van der Waals surface area (Å²) in [5.74, 6) is 0.824. The highest BCUT2D eigenvalue weighted by atomic mass is 32.2. The van der Waals surface area contributed by atoms with Crippen LogP contribution in [0.15, 0.2) is 78.9 Å². The van der Waals surface area contributed by atoms with Gasteiger partial charge in [0.2, 0.25) is 0 Å². The lowest BCUT2D eigenvalue weighted by Crippen LogP contribution is -2.29. The standard InChI is InChI=1S/C21H18N2O5S/c24-21-14-23(29(25,26)22-21)19-12-11-18(28-17-9-5-2-6-10-17)13-20(19)27-15-16-7-3-1-4-8-16/h1-13H,14-15H2,(H,22,24). The van der Waals surface area contributed by atoms with Gasteiger partial charge in [0.25, 0.3) is 5.91 Å². The van der Waals surface area contributed by atoms with Crippen LogP contribution in [0.1, 0.15) is 5.56 Å². The number of anilines is 1. The normalized spacial score (nSPS) is 15.0. The van der Waals surface area contributed by atoms with Crippen molar-refractivity contribution >= 4 is 21.8 Å². The van der Waals surface area contributed by atoms with Crippen LogP contribution in [0.25, 0.3) is 0 Å². The number of benzene rings is 3. The first-order chi connectivity index (χ1) is 14.0. The molecule has 4 rings (SSSR count). The van der Waals surface area contributed by atoms with E-state index in [1.165, 1.54) is 0 Å². The van der Waals surface area contributed by atoms with Crippen LogP contribution in [0.2, 0.25) is 0 Å². The van der Waals surface area contributed by atoms with Crippen LogP contribution in [0.3, 0.4) is 0 Å². The molecular formula is C21H18N2O5S. The van der Waals surface area contributed by atoms with E-state index >= 15 is 0 Å². The molecule has 0 saturated carbocycles. The number of ether oxygens (including phenoxy) is 2. The molecule has 3 aromatic rings. The number of hydrogen-bond donors (Lipinski definition) is 1. The van der Waals surface area contributed by atoms with E-state index in [0.29, 0.717) is 17.2 Å². The first-order valence-electron chi connectivity index (χ1n) is 8.88. The third-order valence-electron chi connectivity index (χ3n) is 4.24. The Morgan fingerprint density at radius 3 is 2.24 bits per heavy atom. The van der Waals surface area contributed by atoms with Gasteiger partial charge in [0, 0.05) is 6.07 Å². The zero-order chi connectivity index (χ0) is 20.3. The highest BCUT2D eigenvalue weighted by Gasteiger charge is 2.35. The van der Waals surface area contributed by atoms with Gasteiger partial charge in [-0.2, -0.15) is 8.42 Å². The second kappa shape index (κ2) is 7.84. The van der Waals surface area contributed by atoms with Crippen molar-refractivity contribution in [3.63, 3.8) is 0 Å². The van der Waals surface area contributed by atoms with E-state index in [0.717, 1.165) is 9.87 Å². The topological polar surface area (TPSA) is 84.9 Å². The van der Waals surface area contributed by atoms with Crippen molar-refractivity contribution < 1.29 is 22.7 Å². The Bertz CT molecular complexity index is 1120. The van der Waals surface area contributed by atoms with Gasteiger partial charge in [-0.05, 0) is 29.8 Å². The maximum atomic E-state index is 12.3. The average Bonchev–Trinajstić information content (AvgIpc) is 3.00. The van der Waals surface area contributed by atoms with Crippen LogP contribution in [-0.4, -0.2) is 20.9 Å². The van der Waals surface area contributed by atoms with Gasteiger partial charge in [0.05, 0.1) is 5.69 Å². The Balaban J connectivity index is 1.67. The number of amides is 1. The molecule has 8 heteroatoms. The van der Waals surface area contributed by atoms with E-state index < -0.39 is 16.1 Å². The molecule has 0 atom stereocenters. The zero-order valence-electron chi connectivity index (χ0n) is 15.3. The molecule has 0 aliphatic carbocycles. The van der Waals surface area contributed by atoms with Crippen molar-refractivity contribution in [3.8, 4) is 17.2 Å². The minimum Gasteiger partial charge on any atom is -0.487 e. The van der Waals surface area contributed by atoms with Crippen LogP contribution < -0.4 is 18.5 Å². The zero-order valence-corrected chi connectivity index (χ0v) is 16.1. The van der Waals surface area contributed by atoms with Gasteiger partial charge in [-0.3, -0.25) is 4.79 Å². The van der Waals surface area contributed by atoms with Gasteiger partial charge < -0.3 is 9.47 Å². The quantitative estimate of drug-likeness (QED) is 0.674. The Hall–Kier alpha value is -3.52. The lowest BCUT2D eigenvalue weighted by atomic mass is 10.2. The van der Waals surface area contributed by atoms with Crippen LogP contribution in [0, 0.1) is 0 Å². The monoisotopic (exact) mass is 410 g/mol. The molecule has 1 amide bonds. The van der Waals surface area contributed by atoms with Gasteiger partial charge in [-0.15, -0.1) is 0 Å². The molecule has 29 heavy (non-hydrogen) atoms. The minimum absolute atomic E-state index is 0.234. The fourth-order valence-corrected chi connectivity index (χ4v) is 4.06. The van der Waals surface area contributed by atoms with Crippen LogP contribution in [0.5, 0.6) is 17.2 Å². The highest BCUT2D eigenvalue weighted by molar-refractivity contribution is 7.92. The van der Waals surface area contributed by atoms with Gasteiger partial charge in [-0.1, -0.05) is 48.5 Å².